The number of carbonyl (C=O) groups is 1. The van der Waals surface area contributed by atoms with Gasteiger partial charge < -0.3 is 10.0 Å². The summed E-state index contributed by atoms with van der Waals surface area (Å²) >= 11 is 0. The summed E-state index contributed by atoms with van der Waals surface area (Å²) in [5.41, 5.74) is 1.17. The average Bonchev–Trinajstić information content (AvgIpc) is 2.53. The van der Waals surface area contributed by atoms with E-state index >= 15 is 0 Å². The van der Waals surface area contributed by atoms with Crippen molar-refractivity contribution >= 4 is 5.91 Å². The first kappa shape index (κ1) is 14.0. The van der Waals surface area contributed by atoms with Crippen LogP contribution in [0.4, 0.5) is 0 Å². The van der Waals surface area contributed by atoms with Gasteiger partial charge in [-0.3, -0.25) is 9.69 Å². The zero-order chi connectivity index (χ0) is 13.8. The van der Waals surface area contributed by atoms with E-state index in [-0.39, 0.29) is 18.6 Å². The van der Waals surface area contributed by atoms with E-state index in [0.717, 1.165) is 13.0 Å². The molecule has 0 saturated carbocycles. The number of nitrogens with zero attached hydrogens (tertiary/aromatic N) is 2. The lowest BCUT2D eigenvalue weighted by atomic mass is 10.1. The van der Waals surface area contributed by atoms with E-state index in [4.69, 9.17) is 0 Å². The highest BCUT2D eigenvalue weighted by molar-refractivity contribution is 5.82. The molecule has 1 fully saturated rings. The molecule has 1 heterocycles. The average molecular weight is 262 g/mol. The number of aliphatic hydroxyl groups excluding tert-OH is 1. The first-order valence-electron chi connectivity index (χ1n) is 6.79. The number of benzene rings is 1. The quantitative estimate of drug-likeness (QED) is 0.887. The van der Waals surface area contributed by atoms with Crippen LogP contribution in [0.2, 0.25) is 0 Å². The van der Waals surface area contributed by atoms with Crippen molar-refractivity contribution in [3.05, 3.63) is 35.9 Å². The minimum atomic E-state index is -0.428. The Bertz CT molecular complexity index is 421. The molecule has 1 aromatic carbocycles. The molecule has 1 N–H and O–H groups in total. The highest BCUT2D eigenvalue weighted by atomic mass is 16.3. The van der Waals surface area contributed by atoms with Gasteiger partial charge in [-0.05, 0) is 18.9 Å². The molecule has 0 bridgehead atoms. The summed E-state index contributed by atoms with van der Waals surface area (Å²) in [4.78, 5) is 16.1. The van der Waals surface area contributed by atoms with Gasteiger partial charge in [-0.15, -0.1) is 0 Å². The minimum absolute atomic E-state index is 0.0165. The van der Waals surface area contributed by atoms with Crippen molar-refractivity contribution in [1.82, 2.24) is 9.80 Å². The third kappa shape index (κ3) is 3.14. The summed E-state index contributed by atoms with van der Waals surface area (Å²) in [6.07, 6.45) is 0.936. The predicted octanol–water partition coefficient (Wildman–Crippen LogP) is 1.10. The highest BCUT2D eigenvalue weighted by Gasteiger charge is 2.34. The van der Waals surface area contributed by atoms with Crippen molar-refractivity contribution in [2.24, 2.45) is 0 Å². The fraction of sp³-hybridized carbons (Fsp3) is 0.533. The monoisotopic (exact) mass is 262 g/mol. The van der Waals surface area contributed by atoms with Gasteiger partial charge in [0.2, 0.25) is 5.91 Å². The molecule has 2 atom stereocenters. The van der Waals surface area contributed by atoms with Gasteiger partial charge in [0.15, 0.2) is 0 Å². The Morgan fingerprint density at radius 3 is 2.63 bits per heavy atom. The van der Waals surface area contributed by atoms with E-state index in [2.05, 4.69) is 24.0 Å². The van der Waals surface area contributed by atoms with E-state index < -0.39 is 6.04 Å². The summed E-state index contributed by atoms with van der Waals surface area (Å²) in [6.45, 7) is 3.45. The first-order valence-corrected chi connectivity index (χ1v) is 6.79. The summed E-state index contributed by atoms with van der Waals surface area (Å²) in [5.74, 6) is 0.0165. The molecule has 1 aliphatic rings. The minimum Gasteiger partial charge on any atom is -0.394 e. The van der Waals surface area contributed by atoms with Gasteiger partial charge in [0.05, 0.1) is 6.61 Å². The topological polar surface area (TPSA) is 43.8 Å². The molecule has 1 aromatic rings. The van der Waals surface area contributed by atoms with Gasteiger partial charge in [-0.25, -0.2) is 0 Å². The molecule has 1 saturated heterocycles. The van der Waals surface area contributed by atoms with Gasteiger partial charge in [0.1, 0.15) is 6.04 Å². The standard InChI is InChI=1S/C15H22N2O2/c1-12-8-9-16(2)15(19)14(11-18)17(12)10-13-6-4-3-5-7-13/h3-7,12,14,18H,8-11H2,1-2H3. The number of carbonyl (C=O) groups excluding carboxylic acids is 1. The molecule has 0 spiro atoms. The number of likely N-dealkylation sites (N-methyl/N-ethyl adjacent to an activating group) is 1. The third-order valence-corrected chi connectivity index (χ3v) is 3.89. The molecule has 4 nitrogen and oxygen atoms in total. The lowest BCUT2D eigenvalue weighted by Gasteiger charge is -2.32. The molecule has 19 heavy (non-hydrogen) atoms. The Hall–Kier alpha value is -1.39. The van der Waals surface area contributed by atoms with E-state index in [9.17, 15) is 9.90 Å². The predicted molar refractivity (Wildman–Crippen MR) is 74.6 cm³/mol. The Kier molecular flexibility index (Phi) is 4.56. The maximum absolute atomic E-state index is 12.2. The number of aliphatic hydroxyl groups is 1. The van der Waals surface area contributed by atoms with Crippen LogP contribution in [0.1, 0.15) is 18.9 Å². The van der Waals surface area contributed by atoms with Crippen LogP contribution in [0.3, 0.4) is 0 Å². The fourth-order valence-electron chi connectivity index (χ4n) is 2.60. The maximum Gasteiger partial charge on any atom is 0.242 e. The molecule has 4 heteroatoms. The molecular formula is C15H22N2O2. The van der Waals surface area contributed by atoms with Gasteiger partial charge in [-0.1, -0.05) is 30.3 Å². The van der Waals surface area contributed by atoms with E-state index in [0.29, 0.717) is 6.54 Å². The van der Waals surface area contributed by atoms with Crippen LogP contribution < -0.4 is 0 Å². The molecule has 1 aliphatic heterocycles. The molecule has 2 unspecified atom stereocenters. The van der Waals surface area contributed by atoms with Crippen LogP contribution in [-0.2, 0) is 11.3 Å². The Balaban J connectivity index is 2.21. The molecular weight excluding hydrogens is 240 g/mol. The van der Waals surface area contributed by atoms with Gasteiger partial charge in [0.25, 0.3) is 0 Å². The molecule has 104 valence electrons. The summed E-state index contributed by atoms with van der Waals surface area (Å²) in [6, 6.07) is 9.95. The van der Waals surface area contributed by atoms with Crippen LogP contribution in [0, 0.1) is 0 Å². The van der Waals surface area contributed by atoms with Crippen molar-refractivity contribution in [2.45, 2.75) is 32.0 Å². The molecule has 0 aliphatic carbocycles. The molecule has 2 rings (SSSR count). The Morgan fingerprint density at radius 2 is 2.00 bits per heavy atom. The van der Waals surface area contributed by atoms with E-state index in [1.807, 2.05) is 25.2 Å². The number of hydrogen-bond donors (Lipinski definition) is 1. The Morgan fingerprint density at radius 1 is 1.32 bits per heavy atom. The summed E-state index contributed by atoms with van der Waals surface area (Å²) < 4.78 is 0. The summed E-state index contributed by atoms with van der Waals surface area (Å²) in [7, 11) is 1.81. The SMILES string of the molecule is CC1CCN(C)C(=O)C(CO)N1Cc1ccccc1. The first-order chi connectivity index (χ1) is 9.13. The molecule has 0 radical (unpaired) electrons. The number of hydrogen-bond acceptors (Lipinski definition) is 3. The van der Waals surface area contributed by atoms with Gasteiger partial charge >= 0.3 is 0 Å². The van der Waals surface area contributed by atoms with Gasteiger partial charge in [0, 0.05) is 26.2 Å². The second-order valence-corrected chi connectivity index (χ2v) is 5.25. The van der Waals surface area contributed by atoms with Crippen LogP contribution in [0.25, 0.3) is 0 Å². The second kappa shape index (κ2) is 6.17. The zero-order valence-corrected chi connectivity index (χ0v) is 11.6. The van der Waals surface area contributed by atoms with Crippen LogP contribution in [-0.4, -0.2) is 53.1 Å². The lowest BCUT2D eigenvalue weighted by molar-refractivity contribution is -0.136. The van der Waals surface area contributed by atoms with E-state index in [1.54, 1.807) is 4.90 Å². The van der Waals surface area contributed by atoms with Crippen molar-refractivity contribution < 1.29 is 9.90 Å². The summed E-state index contributed by atoms with van der Waals surface area (Å²) in [5, 5.41) is 9.58. The normalized spacial score (nSPS) is 25.4. The van der Waals surface area contributed by atoms with E-state index in [1.165, 1.54) is 5.56 Å². The smallest absolute Gasteiger partial charge is 0.242 e. The number of rotatable bonds is 3. The molecule has 0 aromatic heterocycles. The van der Waals surface area contributed by atoms with Crippen LogP contribution in [0.5, 0.6) is 0 Å². The fourth-order valence-corrected chi connectivity index (χ4v) is 2.60. The molecule has 1 amide bonds. The van der Waals surface area contributed by atoms with Crippen LogP contribution >= 0.6 is 0 Å². The highest BCUT2D eigenvalue weighted by Crippen LogP contribution is 2.19. The van der Waals surface area contributed by atoms with Crippen molar-refractivity contribution in [2.75, 3.05) is 20.2 Å². The van der Waals surface area contributed by atoms with Crippen LogP contribution in [0.15, 0.2) is 30.3 Å². The largest absolute Gasteiger partial charge is 0.394 e. The van der Waals surface area contributed by atoms with Crippen molar-refractivity contribution in [1.29, 1.82) is 0 Å². The third-order valence-electron chi connectivity index (χ3n) is 3.89. The second-order valence-electron chi connectivity index (χ2n) is 5.25. The number of amides is 1. The zero-order valence-electron chi connectivity index (χ0n) is 11.6. The maximum atomic E-state index is 12.2. The van der Waals surface area contributed by atoms with Crippen molar-refractivity contribution in [3.63, 3.8) is 0 Å². The van der Waals surface area contributed by atoms with Gasteiger partial charge in [-0.2, -0.15) is 0 Å². The lowest BCUT2D eigenvalue weighted by Crippen LogP contribution is -2.49. The van der Waals surface area contributed by atoms with Crippen molar-refractivity contribution in [3.8, 4) is 0 Å². The Labute approximate surface area is 114 Å².